The number of hydrogen-bond acceptors (Lipinski definition) is 5. The van der Waals surface area contributed by atoms with Crippen LogP contribution in [0.1, 0.15) is 32.6 Å². The zero-order valence-electron chi connectivity index (χ0n) is 14.6. The molecule has 2 saturated heterocycles. The Labute approximate surface area is 155 Å². The van der Waals surface area contributed by atoms with Gasteiger partial charge in [-0.25, -0.2) is 8.42 Å². The van der Waals surface area contributed by atoms with Crippen LogP contribution in [0.25, 0.3) is 0 Å². The van der Waals surface area contributed by atoms with Crippen LogP contribution >= 0.6 is 12.4 Å². The van der Waals surface area contributed by atoms with Crippen LogP contribution in [0.2, 0.25) is 0 Å². The maximum atomic E-state index is 12.9. The summed E-state index contributed by atoms with van der Waals surface area (Å²) in [4.78, 5) is 27.0. The Kier molecular flexibility index (Phi) is 6.38. The van der Waals surface area contributed by atoms with Crippen LogP contribution in [0.4, 0.5) is 0 Å². The molecule has 2 heterocycles. The van der Waals surface area contributed by atoms with E-state index in [4.69, 9.17) is 0 Å². The molecule has 0 spiro atoms. The highest BCUT2D eigenvalue weighted by Crippen LogP contribution is 2.43. The normalized spacial score (nSPS) is 32.2. The molecule has 9 heteroatoms. The number of hydrogen-bond donors (Lipinski definition) is 2. The van der Waals surface area contributed by atoms with Gasteiger partial charge in [-0.05, 0) is 32.2 Å². The maximum Gasteiger partial charge on any atom is 0.244 e. The lowest BCUT2D eigenvalue weighted by molar-refractivity contribution is -0.140. The topological polar surface area (TPSA) is 95.6 Å². The van der Waals surface area contributed by atoms with Crippen LogP contribution < -0.4 is 10.6 Å². The molecule has 0 radical (unpaired) electrons. The minimum Gasteiger partial charge on any atom is -0.344 e. The summed E-state index contributed by atoms with van der Waals surface area (Å²) in [5.41, 5.74) is -0.377. The summed E-state index contributed by atoms with van der Waals surface area (Å²) < 4.78 is 23.0. The van der Waals surface area contributed by atoms with E-state index in [1.54, 1.807) is 11.8 Å². The third-order valence-electron chi connectivity index (χ3n) is 5.86. The van der Waals surface area contributed by atoms with Crippen LogP contribution in [-0.4, -0.2) is 68.9 Å². The van der Waals surface area contributed by atoms with Crippen LogP contribution in [0.3, 0.4) is 0 Å². The van der Waals surface area contributed by atoms with E-state index >= 15 is 0 Å². The summed E-state index contributed by atoms with van der Waals surface area (Å²) in [6.45, 7) is 3.69. The van der Waals surface area contributed by atoms with Crippen LogP contribution in [0.15, 0.2) is 0 Å². The van der Waals surface area contributed by atoms with Crippen molar-refractivity contribution in [1.29, 1.82) is 0 Å². The van der Waals surface area contributed by atoms with E-state index in [0.29, 0.717) is 12.5 Å². The molecule has 2 amide bonds. The monoisotopic (exact) mass is 393 g/mol. The Morgan fingerprint density at radius 1 is 1.24 bits per heavy atom. The fourth-order valence-electron chi connectivity index (χ4n) is 4.30. The number of halogens is 1. The third kappa shape index (κ3) is 4.11. The Bertz CT molecular complexity index is 613. The smallest absolute Gasteiger partial charge is 0.244 e. The van der Waals surface area contributed by atoms with Crippen molar-refractivity contribution in [3.8, 4) is 0 Å². The molecule has 1 aliphatic carbocycles. The van der Waals surface area contributed by atoms with E-state index in [2.05, 4.69) is 10.6 Å². The van der Waals surface area contributed by atoms with Crippen molar-refractivity contribution in [2.24, 2.45) is 11.3 Å². The summed E-state index contributed by atoms with van der Waals surface area (Å²) >= 11 is 0. The average Bonchev–Trinajstić information content (AvgIpc) is 2.99. The van der Waals surface area contributed by atoms with Crippen molar-refractivity contribution in [2.45, 2.75) is 38.6 Å². The predicted octanol–water partition coefficient (Wildman–Crippen LogP) is -0.0503. The van der Waals surface area contributed by atoms with E-state index in [-0.39, 0.29) is 54.2 Å². The molecule has 7 nitrogen and oxygen atoms in total. The summed E-state index contributed by atoms with van der Waals surface area (Å²) in [5, 5.41) is 6.25. The molecule has 3 rings (SSSR count). The standard InChI is InChI=1S/C16H27N3O4S.ClH/c1-12(14(20)19-6-8-24(22,23)9-7-19)18-15(21)16-5-3-2-4-13(16)10-17-11-16;/h12-13,17H,2-11H2,1H3,(H,18,21);1H/t12?,13-,16+;/m0./s1. The second-order valence-electron chi connectivity index (χ2n) is 7.40. The molecule has 1 saturated carbocycles. The Morgan fingerprint density at radius 2 is 1.92 bits per heavy atom. The van der Waals surface area contributed by atoms with Gasteiger partial charge >= 0.3 is 0 Å². The fraction of sp³-hybridized carbons (Fsp3) is 0.875. The number of carbonyl (C=O) groups is 2. The van der Waals surface area contributed by atoms with Gasteiger partial charge in [-0.2, -0.15) is 0 Å². The number of amides is 2. The molecule has 3 atom stereocenters. The highest BCUT2D eigenvalue weighted by Gasteiger charge is 2.50. The van der Waals surface area contributed by atoms with Crippen LogP contribution in [0, 0.1) is 11.3 Å². The van der Waals surface area contributed by atoms with Gasteiger partial charge in [-0.3, -0.25) is 9.59 Å². The number of nitrogens with one attached hydrogen (secondary N) is 2. The van der Waals surface area contributed by atoms with Gasteiger partial charge in [0.1, 0.15) is 6.04 Å². The molecule has 0 aromatic carbocycles. The Balaban J connectivity index is 0.00000225. The lowest BCUT2D eigenvalue weighted by atomic mass is 9.67. The molecule has 144 valence electrons. The van der Waals surface area contributed by atoms with Crippen molar-refractivity contribution in [3.63, 3.8) is 0 Å². The summed E-state index contributed by atoms with van der Waals surface area (Å²) in [5.74, 6) is 0.161. The summed E-state index contributed by atoms with van der Waals surface area (Å²) in [6.07, 6.45) is 4.15. The van der Waals surface area contributed by atoms with Gasteiger partial charge in [0.05, 0.1) is 16.9 Å². The molecular formula is C16H28ClN3O4S. The van der Waals surface area contributed by atoms with Gasteiger partial charge in [-0.1, -0.05) is 12.8 Å². The van der Waals surface area contributed by atoms with E-state index in [1.165, 1.54) is 0 Å². The van der Waals surface area contributed by atoms with Gasteiger partial charge < -0.3 is 15.5 Å². The average molecular weight is 394 g/mol. The van der Waals surface area contributed by atoms with Crippen LogP contribution in [-0.2, 0) is 19.4 Å². The first kappa shape index (κ1) is 20.5. The van der Waals surface area contributed by atoms with Crippen molar-refractivity contribution in [3.05, 3.63) is 0 Å². The number of sulfone groups is 1. The summed E-state index contributed by atoms with van der Waals surface area (Å²) in [7, 11) is -3.02. The van der Waals surface area contributed by atoms with Gasteiger partial charge in [0.25, 0.3) is 0 Å². The van der Waals surface area contributed by atoms with Gasteiger partial charge in [-0.15, -0.1) is 12.4 Å². The van der Waals surface area contributed by atoms with E-state index < -0.39 is 15.9 Å². The van der Waals surface area contributed by atoms with E-state index in [9.17, 15) is 18.0 Å². The molecule has 0 aromatic rings. The first-order valence-corrected chi connectivity index (χ1v) is 10.7. The molecule has 1 unspecified atom stereocenters. The predicted molar refractivity (Wildman–Crippen MR) is 97.3 cm³/mol. The second-order valence-corrected chi connectivity index (χ2v) is 9.71. The highest BCUT2D eigenvalue weighted by molar-refractivity contribution is 7.91. The molecule has 2 aliphatic heterocycles. The maximum absolute atomic E-state index is 12.9. The number of nitrogens with zero attached hydrogens (tertiary/aromatic N) is 1. The lowest BCUT2D eigenvalue weighted by Gasteiger charge is -2.38. The van der Waals surface area contributed by atoms with Crippen molar-refractivity contribution >= 4 is 34.1 Å². The molecule has 3 fully saturated rings. The summed E-state index contributed by atoms with van der Waals surface area (Å²) in [6, 6.07) is -0.615. The molecule has 25 heavy (non-hydrogen) atoms. The van der Waals surface area contributed by atoms with Crippen molar-refractivity contribution in [1.82, 2.24) is 15.5 Å². The Morgan fingerprint density at radius 3 is 2.60 bits per heavy atom. The quantitative estimate of drug-likeness (QED) is 0.700. The third-order valence-corrected chi connectivity index (χ3v) is 7.47. The zero-order chi connectivity index (χ0) is 17.4. The lowest BCUT2D eigenvalue weighted by Crippen LogP contribution is -2.56. The SMILES string of the molecule is CC(NC(=O)[C@@]12CCCC[C@H]1CNC2)C(=O)N1CCS(=O)(=O)CC1.Cl. The largest absolute Gasteiger partial charge is 0.344 e. The van der Waals surface area contributed by atoms with Gasteiger partial charge in [0, 0.05) is 19.6 Å². The number of carbonyl (C=O) groups excluding carboxylic acids is 2. The van der Waals surface area contributed by atoms with Crippen molar-refractivity contribution < 1.29 is 18.0 Å². The van der Waals surface area contributed by atoms with E-state index in [0.717, 1.165) is 32.2 Å². The molecule has 2 N–H and O–H groups in total. The van der Waals surface area contributed by atoms with Crippen molar-refractivity contribution in [2.75, 3.05) is 37.7 Å². The first-order valence-electron chi connectivity index (χ1n) is 8.85. The minimum absolute atomic E-state index is 0. The first-order chi connectivity index (χ1) is 11.3. The minimum atomic E-state index is -3.02. The number of rotatable bonds is 3. The molecular weight excluding hydrogens is 366 g/mol. The molecule has 0 aromatic heterocycles. The molecule has 3 aliphatic rings. The molecule has 0 bridgehead atoms. The fourth-order valence-corrected chi connectivity index (χ4v) is 5.50. The zero-order valence-corrected chi connectivity index (χ0v) is 16.3. The van der Waals surface area contributed by atoms with Gasteiger partial charge in [0.15, 0.2) is 9.84 Å². The van der Waals surface area contributed by atoms with Crippen LogP contribution in [0.5, 0.6) is 0 Å². The number of fused-ring (bicyclic) bond motifs is 1. The van der Waals surface area contributed by atoms with Gasteiger partial charge in [0.2, 0.25) is 11.8 Å². The highest BCUT2D eigenvalue weighted by atomic mass is 35.5. The van der Waals surface area contributed by atoms with E-state index in [1.807, 2.05) is 0 Å². The Hall–Kier alpha value is -0.860. The second kappa shape index (κ2) is 7.80.